The van der Waals surface area contributed by atoms with Gasteiger partial charge >= 0.3 is 0 Å². The van der Waals surface area contributed by atoms with E-state index in [4.69, 9.17) is 27.9 Å². The Balaban J connectivity index is 1.38. The van der Waals surface area contributed by atoms with Crippen LogP contribution in [-0.2, 0) is 11.3 Å². The Hall–Kier alpha value is -1.75. The third-order valence-corrected chi connectivity index (χ3v) is 5.96. The molecule has 0 spiro atoms. The minimum Gasteiger partial charge on any atom is -0.491 e. The molecule has 1 fully saturated rings. The molecule has 0 aromatic heterocycles. The number of ether oxygens (including phenoxy) is 1. The molecule has 1 amide bonds. The number of hydrogen-bond donors (Lipinski definition) is 1. The number of benzene rings is 2. The van der Waals surface area contributed by atoms with Gasteiger partial charge in [0, 0.05) is 22.5 Å². The fourth-order valence-corrected chi connectivity index (χ4v) is 4.05. The fourth-order valence-electron chi connectivity index (χ4n) is 3.59. The van der Waals surface area contributed by atoms with E-state index in [1.165, 1.54) is 5.56 Å². The Bertz CT molecular complexity index is 849. The van der Waals surface area contributed by atoms with E-state index in [9.17, 15) is 4.79 Å². The van der Waals surface area contributed by atoms with E-state index in [0.29, 0.717) is 23.2 Å². The van der Waals surface area contributed by atoms with Gasteiger partial charge in [-0.3, -0.25) is 9.69 Å². The van der Waals surface area contributed by atoms with E-state index in [2.05, 4.69) is 16.3 Å². The topological polar surface area (TPSA) is 41.6 Å². The first-order valence-electron chi connectivity index (χ1n) is 10.1. The summed E-state index contributed by atoms with van der Waals surface area (Å²) in [6.45, 7) is 7.62. The summed E-state index contributed by atoms with van der Waals surface area (Å²) in [6, 6.07) is 11.8. The minimum atomic E-state index is 0.0626. The summed E-state index contributed by atoms with van der Waals surface area (Å²) in [5, 5.41) is 4.36. The Labute approximate surface area is 183 Å². The van der Waals surface area contributed by atoms with Crippen LogP contribution >= 0.6 is 23.2 Å². The standard InChI is InChI=1S/C23H28Cl2N2O2/c1-16-3-4-17(2)22(13-16)29-12-9-26-23(28)18-7-10-27(11-8-18)15-19-5-6-20(24)14-21(19)25/h3-6,13-14,18H,7-12,15H2,1-2H3,(H,26,28). The van der Waals surface area contributed by atoms with Crippen LogP contribution in [0.4, 0.5) is 0 Å². The third kappa shape index (κ3) is 6.36. The molecule has 0 bridgehead atoms. The van der Waals surface area contributed by atoms with Gasteiger partial charge in [0.2, 0.25) is 5.91 Å². The summed E-state index contributed by atoms with van der Waals surface area (Å²) < 4.78 is 5.81. The largest absolute Gasteiger partial charge is 0.491 e. The number of halogens is 2. The Morgan fingerprint density at radius 3 is 2.62 bits per heavy atom. The number of carbonyl (C=O) groups is 1. The van der Waals surface area contributed by atoms with Crippen LogP contribution in [0.2, 0.25) is 10.0 Å². The lowest BCUT2D eigenvalue weighted by Crippen LogP contribution is -2.41. The second-order valence-electron chi connectivity index (χ2n) is 7.69. The molecule has 2 aromatic carbocycles. The summed E-state index contributed by atoms with van der Waals surface area (Å²) in [5.74, 6) is 1.07. The predicted molar refractivity (Wildman–Crippen MR) is 119 cm³/mol. The molecular formula is C23H28Cl2N2O2. The summed E-state index contributed by atoms with van der Waals surface area (Å²) in [5.41, 5.74) is 3.35. The van der Waals surface area contributed by atoms with E-state index in [-0.39, 0.29) is 11.8 Å². The van der Waals surface area contributed by atoms with Crippen LogP contribution in [0.1, 0.15) is 29.5 Å². The number of nitrogens with one attached hydrogen (secondary N) is 1. The van der Waals surface area contributed by atoms with Crippen LogP contribution in [0.15, 0.2) is 36.4 Å². The Kier molecular flexibility index (Phi) is 7.82. The summed E-state index contributed by atoms with van der Waals surface area (Å²) >= 11 is 12.2. The number of carbonyl (C=O) groups excluding carboxylic acids is 1. The van der Waals surface area contributed by atoms with Gasteiger partial charge in [0.15, 0.2) is 0 Å². The van der Waals surface area contributed by atoms with Crippen molar-refractivity contribution in [3.05, 3.63) is 63.1 Å². The minimum absolute atomic E-state index is 0.0626. The molecule has 1 aliphatic rings. The molecule has 0 atom stereocenters. The summed E-state index contributed by atoms with van der Waals surface area (Å²) in [6.07, 6.45) is 1.71. The van der Waals surface area contributed by atoms with Gasteiger partial charge in [0.1, 0.15) is 12.4 Å². The van der Waals surface area contributed by atoms with Crippen LogP contribution < -0.4 is 10.1 Å². The van der Waals surface area contributed by atoms with Crippen molar-refractivity contribution in [3.63, 3.8) is 0 Å². The number of hydrogen-bond acceptors (Lipinski definition) is 3. The smallest absolute Gasteiger partial charge is 0.223 e. The first-order valence-corrected chi connectivity index (χ1v) is 10.8. The predicted octanol–water partition coefficient (Wildman–Crippen LogP) is 5.02. The maximum Gasteiger partial charge on any atom is 0.223 e. The van der Waals surface area contributed by atoms with Gasteiger partial charge in [-0.2, -0.15) is 0 Å². The van der Waals surface area contributed by atoms with Crippen molar-refractivity contribution in [2.24, 2.45) is 5.92 Å². The molecule has 0 saturated carbocycles. The van der Waals surface area contributed by atoms with Gasteiger partial charge in [-0.15, -0.1) is 0 Å². The van der Waals surface area contributed by atoms with E-state index in [1.54, 1.807) is 6.07 Å². The van der Waals surface area contributed by atoms with Gasteiger partial charge in [-0.25, -0.2) is 0 Å². The number of rotatable bonds is 7. The van der Waals surface area contributed by atoms with Crippen molar-refractivity contribution < 1.29 is 9.53 Å². The molecule has 156 valence electrons. The highest BCUT2D eigenvalue weighted by Crippen LogP contribution is 2.25. The number of piperidine rings is 1. The quantitative estimate of drug-likeness (QED) is 0.622. The molecule has 6 heteroatoms. The van der Waals surface area contributed by atoms with Crippen molar-refractivity contribution in [1.82, 2.24) is 10.2 Å². The molecule has 4 nitrogen and oxygen atoms in total. The molecule has 29 heavy (non-hydrogen) atoms. The van der Waals surface area contributed by atoms with E-state index in [1.807, 2.05) is 38.1 Å². The molecule has 0 radical (unpaired) electrons. The lowest BCUT2D eigenvalue weighted by Gasteiger charge is -2.31. The molecule has 2 aromatic rings. The SMILES string of the molecule is Cc1ccc(C)c(OCCNC(=O)C2CCN(Cc3ccc(Cl)cc3Cl)CC2)c1. The third-order valence-electron chi connectivity index (χ3n) is 5.37. The monoisotopic (exact) mass is 434 g/mol. The zero-order valence-electron chi connectivity index (χ0n) is 17.0. The van der Waals surface area contributed by atoms with Gasteiger partial charge in [0.05, 0.1) is 6.54 Å². The summed E-state index contributed by atoms with van der Waals surface area (Å²) in [4.78, 5) is 14.8. The van der Waals surface area contributed by atoms with Crippen molar-refractivity contribution in [3.8, 4) is 5.75 Å². The molecule has 1 aliphatic heterocycles. The van der Waals surface area contributed by atoms with Crippen LogP contribution in [0.25, 0.3) is 0 Å². The maximum absolute atomic E-state index is 12.5. The average Bonchev–Trinajstić information content (AvgIpc) is 2.70. The Morgan fingerprint density at radius 2 is 1.90 bits per heavy atom. The highest BCUT2D eigenvalue weighted by atomic mass is 35.5. The normalized spacial score (nSPS) is 15.3. The molecule has 0 unspecified atom stereocenters. The lowest BCUT2D eigenvalue weighted by atomic mass is 9.95. The highest BCUT2D eigenvalue weighted by molar-refractivity contribution is 6.35. The fraction of sp³-hybridized carbons (Fsp3) is 0.435. The van der Waals surface area contributed by atoms with Crippen LogP contribution in [0.3, 0.4) is 0 Å². The van der Waals surface area contributed by atoms with Gasteiger partial charge < -0.3 is 10.1 Å². The highest BCUT2D eigenvalue weighted by Gasteiger charge is 2.25. The first-order chi connectivity index (χ1) is 13.9. The van der Waals surface area contributed by atoms with Crippen molar-refractivity contribution in [2.45, 2.75) is 33.2 Å². The zero-order valence-corrected chi connectivity index (χ0v) is 18.5. The van der Waals surface area contributed by atoms with Crippen molar-refractivity contribution >= 4 is 29.1 Å². The molecule has 1 saturated heterocycles. The van der Waals surface area contributed by atoms with Gasteiger partial charge in [-0.05, 0) is 74.7 Å². The van der Waals surface area contributed by atoms with Crippen LogP contribution in [0, 0.1) is 19.8 Å². The van der Waals surface area contributed by atoms with Crippen molar-refractivity contribution in [2.75, 3.05) is 26.2 Å². The van der Waals surface area contributed by atoms with Gasteiger partial charge in [-0.1, -0.05) is 41.4 Å². The molecule has 1 N–H and O–H groups in total. The van der Waals surface area contributed by atoms with Crippen LogP contribution in [0.5, 0.6) is 5.75 Å². The van der Waals surface area contributed by atoms with E-state index in [0.717, 1.165) is 49.4 Å². The summed E-state index contributed by atoms with van der Waals surface area (Å²) in [7, 11) is 0. The first kappa shape index (κ1) is 21.9. The van der Waals surface area contributed by atoms with Crippen molar-refractivity contribution in [1.29, 1.82) is 0 Å². The second-order valence-corrected chi connectivity index (χ2v) is 8.54. The number of aryl methyl sites for hydroxylation is 2. The molecular weight excluding hydrogens is 407 g/mol. The molecule has 1 heterocycles. The lowest BCUT2D eigenvalue weighted by molar-refractivity contribution is -0.126. The van der Waals surface area contributed by atoms with Gasteiger partial charge in [0.25, 0.3) is 0 Å². The second kappa shape index (κ2) is 10.3. The molecule has 0 aliphatic carbocycles. The average molecular weight is 435 g/mol. The zero-order chi connectivity index (χ0) is 20.8. The number of amides is 1. The Morgan fingerprint density at radius 1 is 1.14 bits per heavy atom. The maximum atomic E-state index is 12.5. The number of likely N-dealkylation sites (tertiary alicyclic amines) is 1. The number of nitrogens with zero attached hydrogens (tertiary/aromatic N) is 1. The molecule has 3 rings (SSSR count). The van der Waals surface area contributed by atoms with E-state index >= 15 is 0 Å². The van der Waals surface area contributed by atoms with Crippen LogP contribution in [-0.4, -0.2) is 37.0 Å². The van der Waals surface area contributed by atoms with E-state index < -0.39 is 0 Å².